The van der Waals surface area contributed by atoms with Gasteiger partial charge in [-0.2, -0.15) is 0 Å². The van der Waals surface area contributed by atoms with Gasteiger partial charge in [0.1, 0.15) is 0 Å². The van der Waals surface area contributed by atoms with Crippen LogP contribution in [0.15, 0.2) is 351 Å². The van der Waals surface area contributed by atoms with Crippen molar-refractivity contribution in [3.8, 4) is 11.1 Å². The molecule has 0 radical (unpaired) electrons. The highest BCUT2D eigenvalue weighted by molar-refractivity contribution is 8.03. The maximum Gasteiger partial charge on any atom is 0.0601 e. The van der Waals surface area contributed by atoms with Crippen molar-refractivity contribution < 1.29 is 0 Å². The van der Waals surface area contributed by atoms with E-state index in [4.69, 9.17) is 0 Å². The van der Waals surface area contributed by atoms with Crippen LogP contribution in [0.2, 0.25) is 0 Å². The summed E-state index contributed by atoms with van der Waals surface area (Å²) in [6.45, 7) is 27.0. The Hall–Kier alpha value is -11.8. The van der Waals surface area contributed by atoms with Gasteiger partial charge in [-0.25, -0.2) is 0 Å². The first kappa shape index (κ1) is 74.3. The summed E-state index contributed by atoms with van der Waals surface area (Å²) in [5.74, 6) is 1.22. The topological polar surface area (TPSA) is 13.0 Å². The summed E-state index contributed by atoms with van der Waals surface area (Å²) in [6, 6.07) is 97.7. The minimum atomic E-state index is -0.309. The van der Waals surface area contributed by atoms with Crippen LogP contribution in [0.3, 0.4) is 0 Å². The van der Waals surface area contributed by atoms with Crippen LogP contribution in [0.5, 0.6) is 0 Å². The Morgan fingerprint density at radius 1 is 0.421 bits per heavy atom. The minimum Gasteiger partial charge on any atom is -0.313 e. The van der Waals surface area contributed by atoms with E-state index in [0.717, 1.165) is 32.1 Å². The highest BCUT2D eigenvalue weighted by Gasteiger charge is 2.49. The van der Waals surface area contributed by atoms with Crippen molar-refractivity contribution in [2.75, 3.05) is 19.6 Å². The number of rotatable bonds is 10. The molecule has 0 aromatic heterocycles. The summed E-state index contributed by atoms with van der Waals surface area (Å²) in [4.78, 5) is 15.7. The van der Waals surface area contributed by atoms with Crippen molar-refractivity contribution in [3.05, 3.63) is 414 Å². The lowest BCUT2D eigenvalue weighted by molar-refractivity contribution is 0.371. The zero-order valence-corrected chi connectivity index (χ0v) is 72.7. The van der Waals surface area contributed by atoms with E-state index in [1.807, 2.05) is 23.5 Å². The Balaban J connectivity index is 0.500. The summed E-state index contributed by atoms with van der Waals surface area (Å²) in [7, 11) is 0. The van der Waals surface area contributed by atoms with Gasteiger partial charge in [-0.05, 0) is 257 Å². The first-order chi connectivity index (χ1) is 58.7. The van der Waals surface area contributed by atoms with Gasteiger partial charge >= 0.3 is 0 Å². The normalized spacial score (nSPS) is 21.4. The van der Waals surface area contributed by atoms with E-state index in [1.54, 1.807) is 0 Å². The quantitative estimate of drug-likeness (QED) is 0.126. The van der Waals surface area contributed by atoms with Crippen LogP contribution in [-0.4, -0.2) is 0 Å². The van der Waals surface area contributed by atoms with Crippen molar-refractivity contribution in [2.45, 2.75) is 145 Å². The largest absolute Gasteiger partial charge is 0.313 e. The summed E-state index contributed by atoms with van der Waals surface area (Å²) in [6.07, 6.45) is 31.7. The summed E-state index contributed by atoms with van der Waals surface area (Å²) in [5, 5.41) is 2.46. The molecule has 0 saturated carbocycles. The number of fused-ring (bicyclic) bond motifs is 15. The maximum absolute atomic E-state index is 2.60. The lowest BCUT2D eigenvalue weighted by atomic mass is 9.65. The number of hydrogen-bond donors (Lipinski definition) is 0. The predicted molar refractivity (Wildman–Crippen MR) is 514 cm³/mol. The van der Waals surface area contributed by atoms with E-state index in [-0.39, 0.29) is 38.9 Å². The van der Waals surface area contributed by atoms with Gasteiger partial charge in [0.25, 0.3) is 0 Å². The van der Waals surface area contributed by atoms with Gasteiger partial charge in [0, 0.05) is 86.7 Å². The molecular weight excluding hydrogens is 1500 g/mol. The Morgan fingerprint density at radius 3 is 1.67 bits per heavy atom. The van der Waals surface area contributed by atoms with Crippen LogP contribution < -0.4 is 19.6 Å². The molecule has 0 saturated heterocycles. The molecule has 0 bridgehead atoms. The van der Waals surface area contributed by atoms with Crippen LogP contribution in [0.25, 0.3) is 51.3 Å². The fourth-order valence-electron chi connectivity index (χ4n) is 23.4. The third kappa shape index (κ3) is 11.2. The molecule has 7 aliphatic carbocycles. The van der Waals surface area contributed by atoms with Crippen LogP contribution in [0.4, 0.5) is 51.2 Å². The molecule has 12 aromatic rings. The third-order valence-corrected chi connectivity index (χ3v) is 32.5. The number of benzene rings is 12. The van der Waals surface area contributed by atoms with E-state index in [2.05, 4.69) is 417 Å². The number of allylic oxidation sites excluding steroid dienone is 15. The van der Waals surface area contributed by atoms with Crippen molar-refractivity contribution in [1.82, 2.24) is 0 Å². The van der Waals surface area contributed by atoms with Crippen LogP contribution in [-0.2, 0) is 27.1 Å². The van der Waals surface area contributed by atoms with Crippen molar-refractivity contribution in [1.29, 1.82) is 0 Å². The smallest absolute Gasteiger partial charge is 0.0601 e. The zero-order chi connectivity index (χ0) is 81.9. The van der Waals surface area contributed by atoms with Crippen molar-refractivity contribution in [3.63, 3.8) is 0 Å². The molecule has 0 N–H and O–H groups in total. The van der Waals surface area contributed by atoms with E-state index < -0.39 is 0 Å². The van der Waals surface area contributed by atoms with Gasteiger partial charge in [-0.3, -0.25) is 0 Å². The molecular formula is C115H100N4S2. The number of para-hydroxylation sites is 6. The fourth-order valence-corrected chi connectivity index (χ4v) is 25.8. The number of hydrogen-bond acceptors (Lipinski definition) is 6. The second-order valence-corrected chi connectivity index (χ2v) is 40.3. The van der Waals surface area contributed by atoms with Crippen LogP contribution in [0, 0.1) is 23.7 Å². The first-order valence-electron chi connectivity index (χ1n) is 44.0. The first-order valence-corrected chi connectivity index (χ1v) is 45.6. The fraction of sp³-hybridized carbons (Fsp3) is 0.217. The molecule has 11 aliphatic rings. The van der Waals surface area contributed by atoms with Crippen molar-refractivity contribution >= 4 is 115 Å². The van der Waals surface area contributed by atoms with E-state index in [1.165, 1.54) is 204 Å². The minimum absolute atomic E-state index is 0.0929. The molecule has 0 fully saturated rings. The molecule has 4 atom stereocenters. The van der Waals surface area contributed by atoms with E-state index in [0.29, 0.717) is 11.8 Å². The molecule has 4 aliphatic heterocycles. The molecule has 121 heavy (non-hydrogen) atoms. The lowest BCUT2D eigenvalue weighted by Crippen LogP contribution is -2.36. The Labute approximate surface area is 722 Å². The lowest BCUT2D eigenvalue weighted by Gasteiger charge is -2.47. The third-order valence-electron chi connectivity index (χ3n) is 29.9. The molecule has 12 aromatic carbocycles. The van der Waals surface area contributed by atoms with Crippen LogP contribution in [0.1, 0.15) is 181 Å². The monoisotopic (exact) mass is 1600 g/mol. The molecule has 0 spiro atoms. The average molecular weight is 1600 g/mol. The van der Waals surface area contributed by atoms with Gasteiger partial charge in [0.2, 0.25) is 0 Å². The number of nitrogens with zero attached hydrogens (tertiary/aromatic N) is 4. The zero-order valence-electron chi connectivity index (χ0n) is 71.0. The standard InChI is InChI=1S/C115H100N4S2/c1-70-62-86-84-58-51-73(64-93(84)114(9,10)96(86)68-106(70)119-98-35-16-12-31-87(98)111(3,4)88-32-13-17-36-99(88)119)47-46-72-49-56-80-83-60-55-78(67-95(83)112(5,6)91(80)63-72)117-104-41-22-25-45-109(104)121-110-71(2)76(53-61-105(110)117)69-115(11)89-33-14-18-37-100(89)118(101-38-19-15-34-90(101)115)97-42-27-29-79-75(28-26-30-85(79)97)52-48-74-50-57-81-82-59-54-77(66-94(82)113(7,8)92(81)65-74)116-102-39-20-23-43-107(102)120-108-44-24-21-40-103(108)116/h12-20,22-39,41-61,64-68,70-71,76,91H,21,40,62-63,69H2,1-11H3. The second kappa shape index (κ2) is 27.4. The molecule has 4 nitrogen and oxygen atoms in total. The molecule has 4 unspecified atom stereocenters. The number of anilines is 9. The molecule has 6 heteroatoms. The van der Waals surface area contributed by atoms with Crippen molar-refractivity contribution in [2.24, 2.45) is 23.7 Å². The highest BCUT2D eigenvalue weighted by Crippen LogP contribution is 2.64. The summed E-state index contributed by atoms with van der Waals surface area (Å²) < 4.78 is 0. The van der Waals surface area contributed by atoms with E-state index in [9.17, 15) is 0 Å². The predicted octanol–water partition coefficient (Wildman–Crippen LogP) is 31.4. The van der Waals surface area contributed by atoms with Gasteiger partial charge in [0.15, 0.2) is 0 Å². The Morgan fingerprint density at radius 2 is 0.967 bits per heavy atom. The molecule has 4 heterocycles. The van der Waals surface area contributed by atoms with Gasteiger partial charge in [-0.15, -0.1) is 0 Å². The SMILES string of the molecule is CC1CC2=C(C=C1N1c3ccccc3C(C)(C)c3ccccc31)C(C)(C)c1cc(C=CC3=CC=C4c5ccc(N6C7=C(Sc8ccccc86)C(C)C(CC6(C)c8ccccc8N(c8cccc9c(C=Cc%10ccc%11c(c%10)C(C)(C)c%10cc(N%12C%13=C(C=CCC%13)Sc%13ccccc%13%12)ccc%10-%11)cccc89)c8ccccc86)C=C7)cc5C(C)(C)C4C3)ccc12. The molecule has 0 amide bonds. The summed E-state index contributed by atoms with van der Waals surface area (Å²) in [5.41, 5.74) is 40.6. The number of thioether (sulfide) groups is 2. The maximum atomic E-state index is 2.60. The van der Waals surface area contributed by atoms with Gasteiger partial charge < -0.3 is 19.6 Å². The molecule has 592 valence electrons. The van der Waals surface area contributed by atoms with Crippen LogP contribution >= 0.6 is 23.5 Å². The van der Waals surface area contributed by atoms with E-state index >= 15 is 0 Å². The highest BCUT2D eigenvalue weighted by atomic mass is 32.2. The molecule has 23 rings (SSSR count). The summed E-state index contributed by atoms with van der Waals surface area (Å²) >= 11 is 3.90. The Bertz CT molecular complexity index is 6760. The van der Waals surface area contributed by atoms with Gasteiger partial charge in [0.05, 0.1) is 34.1 Å². The Kier molecular flexibility index (Phi) is 16.8. The average Bonchev–Trinajstić information content (AvgIpc) is 1.56. The van der Waals surface area contributed by atoms with Gasteiger partial charge in [-0.1, -0.05) is 330 Å². The second-order valence-electron chi connectivity index (χ2n) is 38.1.